The van der Waals surface area contributed by atoms with E-state index >= 15 is 0 Å². The third-order valence-electron chi connectivity index (χ3n) is 3.29. The van der Waals surface area contributed by atoms with Crippen LogP contribution in [0.15, 0.2) is 22.9 Å². The fraction of sp³-hybridized carbons (Fsp3) is 0.538. The molecule has 0 aromatic carbocycles. The average molecular weight is 312 g/mol. The number of carbonyl (C=O) groups is 1. The van der Waals surface area contributed by atoms with Crippen LogP contribution in [-0.4, -0.2) is 41.5 Å². The molecule has 0 radical (unpaired) electrons. The Kier molecular flexibility index (Phi) is 4.72. The van der Waals surface area contributed by atoms with Crippen molar-refractivity contribution in [2.75, 3.05) is 19.6 Å². The summed E-state index contributed by atoms with van der Waals surface area (Å²) in [6.07, 6.45) is 5.80. The molecule has 4 nitrogen and oxygen atoms in total. The van der Waals surface area contributed by atoms with Crippen LogP contribution in [0.5, 0.6) is 0 Å². The van der Waals surface area contributed by atoms with Gasteiger partial charge in [0, 0.05) is 29.5 Å². The van der Waals surface area contributed by atoms with E-state index in [0.29, 0.717) is 18.2 Å². The van der Waals surface area contributed by atoms with Gasteiger partial charge >= 0.3 is 0 Å². The van der Waals surface area contributed by atoms with E-state index in [2.05, 4.69) is 38.1 Å². The van der Waals surface area contributed by atoms with Crippen molar-refractivity contribution < 1.29 is 4.79 Å². The summed E-state index contributed by atoms with van der Waals surface area (Å²) >= 11 is 3.31. The number of amides is 1. The molecule has 1 atom stereocenters. The maximum Gasteiger partial charge on any atom is 0.252 e. The van der Waals surface area contributed by atoms with Crippen LogP contribution in [0, 0.1) is 0 Å². The van der Waals surface area contributed by atoms with Gasteiger partial charge in [0.05, 0.1) is 5.56 Å². The van der Waals surface area contributed by atoms with Gasteiger partial charge in [-0.1, -0.05) is 0 Å². The van der Waals surface area contributed by atoms with Crippen molar-refractivity contribution in [2.45, 2.75) is 25.8 Å². The Bertz CT molecular complexity index is 418. The summed E-state index contributed by atoms with van der Waals surface area (Å²) in [7, 11) is 0. The molecule has 1 saturated heterocycles. The molecule has 2 rings (SSSR count). The number of hydrogen-bond acceptors (Lipinski definition) is 3. The van der Waals surface area contributed by atoms with Crippen molar-refractivity contribution in [1.82, 2.24) is 15.2 Å². The number of pyridine rings is 1. The standard InChI is InChI=1S/C13H18BrN3O/c1-10(17-4-2-3-5-17)7-16-13(18)11-6-12(14)9-15-8-11/h6,8-10H,2-5,7H2,1H3,(H,16,18). The zero-order valence-electron chi connectivity index (χ0n) is 10.5. The molecule has 1 aliphatic heterocycles. The second-order valence-electron chi connectivity index (χ2n) is 4.69. The lowest BCUT2D eigenvalue weighted by atomic mass is 10.2. The number of halogens is 1. The van der Waals surface area contributed by atoms with Gasteiger partial charge in [0.1, 0.15) is 0 Å². The van der Waals surface area contributed by atoms with E-state index in [0.717, 1.165) is 17.6 Å². The molecule has 0 aliphatic carbocycles. The van der Waals surface area contributed by atoms with E-state index in [1.54, 1.807) is 18.5 Å². The third kappa shape index (κ3) is 3.53. The van der Waals surface area contributed by atoms with Gasteiger partial charge in [0.25, 0.3) is 5.91 Å². The van der Waals surface area contributed by atoms with Crippen LogP contribution in [0.2, 0.25) is 0 Å². The van der Waals surface area contributed by atoms with Gasteiger partial charge in [0.15, 0.2) is 0 Å². The largest absolute Gasteiger partial charge is 0.350 e. The normalized spacial score (nSPS) is 17.7. The van der Waals surface area contributed by atoms with E-state index < -0.39 is 0 Å². The second-order valence-corrected chi connectivity index (χ2v) is 5.61. The summed E-state index contributed by atoms with van der Waals surface area (Å²) in [6, 6.07) is 2.18. The minimum Gasteiger partial charge on any atom is -0.350 e. The quantitative estimate of drug-likeness (QED) is 0.925. The minimum absolute atomic E-state index is 0.0603. The van der Waals surface area contributed by atoms with Crippen molar-refractivity contribution in [3.63, 3.8) is 0 Å². The third-order valence-corrected chi connectivity index (χ3v) is 3.72. The zero-order valence-corrected chi connectivity index (χ0v) is 12.1. The number of likely N-dealkylation sites (tertiary alicyclic amines) is 1. The lowest BCUT2D eigenvalue weighted by Gasteiger charge is -2.23. The predicted molar refractivity (Wildman–Crippen MR) is 74.5 cm³/mol. The van der Waals surface area contributed by atoms with Gasteiger partial charge < -0.3 is 5.32 Å². The van der Waals surface area contributed by atoms with Crippen LogP contribution in [0.3, 0.4) is 0 Å². The number of carbonyl (C=O) groups excluding carboxylic acids is 1. The summed E-state index contributed by atoms with van der Waals surface area (Å²) in [4.78, 5) is 18.3. The first-order valence-electron chi connectivity index (χ1n) is 6.29. The van der Waals surface area contributed by atoms with Gasteiger partial charge in [-0.25, -0.2) is 0 Å². The maximum atomic E-state index is 11.9. The molecule has 1 unspecified atom stereocenters. The van der Waals surface area contributed by atoms with Crippen molar-refractivity contribution in [2.24, 2.45) is 0 Å². The van der Waals surface area contributed by atoms with E-state index in [1.165, 1.54) is 12.8 Å². The zero-order chi connectivity index (χ0) is 13.0. The number of nitrogens with one attached hydrogen (secondary N) is 1. The van der Waals surface area contributed by atoms with E-state index in [1.807, 2.05) is 0 Å². The van der Waals surface area contributed by atoms with E-state index in [-0.39, 0.29) is 5.91 Å². The molecular formula is C13H18BrN3O. The van der Waals surface area contributed by atoms with Crippen LogP contribution >= 0.6 is 15.9 Å². The molecule has 2 heterocycles. The first-order valence-corrected chi connectivity index (χ1v) is 7.09. The minimum atomic E-state index is -0.0603. The van der Waals surface area contributed by atoms with Crippen molar-refractivity contribution in [3.05, 3.63) is 28.5 Å². The van der Waals surface area contributed by atoms with Crippen molar-refractivity contribution >= 4 is 21.8 Å². The summed E-state index contributed by atoms with van der Waals surface area (Å²) in [5, 5.41) is 2.96. The highest BCUT2D eigenvalue weighted by molar-refractivity contribution is 9.10. The Labute approximate surface area is 116 Å². The SMILES string of the molecule is CC(CNC(=O)c1cncc(Br)c1)N1CCCC1. The maximum absolute atomic E-state index is 11.9. The molecule has 1 aromatic heterocycles. The lowest BCUT2D eigenvalue weighted by Crippen LogP contribution is -2.40. The Morgan fingerprint density at radius 1 is 1.50 bits per heavy atom. The molecule has 0 spiro atoms. The summed E-state index contributed by atoms with van der Waals surface area (Å²) < 4.78 is 0.822. The fourth-order valence-corrected chi connectivity index (χ4v) is 2.55. The molecular weight excluding hydrogens is 294 g/mol. The van der Waals surface area contributed by atoms with E-state index in [4.69, 9.17) is 0 Å². The molecule has 1 N–H and O–H groups in total. The lowest BCUT2D eigenvalue weighted by molar-refractivity contribution is 0.0940. The van der Waals surface area contributed by atoms with Gasteiger partial charge in [-0.2, -0.15) is 0 Å². The molecule has 0 saturated carbocycles. The molecule has 1 aromatic rings. The van der Waals surface area contributed by atoms with Crippen LogP contribution in [0.4, 0.5) is 0 Å². The van der Waals surface area contributed by atoms with Gasteiger partial charge in [-0.15, -0.1) is 0 Å². The summed E-state index contributed by atoms with van der Waals surface area (Å²) in [5.74, 6) is -0.0603. The highest BCUT2D eigenvalue weighted by Crippen LogP contribution is 2.12. The number of hydrogen-bond donors (Lipinski definition) is 1. The van der Waals surface area contributed by atoms with E-state index in [9.17, 15) is 4.79 Å². The summed E-state index contributed by atoms with van der Waals surface area (Å²) in [5.41, 5.74) is 0.595. The van der Waals surface area contributed by atoms with Gasteiger partial charge in [-0.3, -0.25) is 14.7 Å². The first kappa shape index (κ1) is 13.5. The van der Waals surface area contributed by atoms with Crippen LogP contribution < -0.4 is 5.32 Å². The van der Waals surface area contributed by atoms with Crippen molar-refractivity contribution in [1.29, 1.82) is 0 Å². The molecule has 98 valence electrons. The number of aromatic nitrogens is 1. The topological polar surface area (TPSA) is 45.2 Å². The number of rotatable bonds is 4. The van der Waals surface area contributed by atoms with Gasteiger partial charge in [-0.05, 0) is 54.9 Å². The molecule has 18 heavy (non-hydrogen) atoms. The van der Waals surface area contributed by atoms with Crippen LogP contribution in [0.25, 0.3) is 0 Å². The van der Waals surface area contributed by atoms with Crippen molar-refractivity contribution in [3.8, 4) is 0 Å². The smallest absolute Gasteiger partial charge is 0.252 e. The Hall–Kier alpha value is -0.940. The van der Waals surface area contributed by atoms with Gasteiger partial charge in [0.2, 0.25) is 0 Å². The molecule has 1 fully saturated rings. The fourth-order valence-electron chi connectivity index (χ4n) is 2.19. The second kappa shape index (κ2) is 6.29. The van der Waals surface area contributed by atoms with Crippen LogP contribution in [0.1, 0.15) is 30.1 Å². The van der Waals surface area contributed by atoms with Crippen LogP contribution in [-0.2, 0) is 0 Å². The number of nitrogens with zero attached hydrogens (tertiary/aromatic N) is 2. The molecule has 1 aliphatic rings. The summed E-state index contributed by atoms with van der Waals surface area (Å²) in [6.45, 7) is 5.14. The highest BCUT2D eigenvalue weighted by atomic mass is 79.9. The molecule has 0 bridgehead atoms. The first-order chi connectivity index (χ1) is 8.66. The Morgan fingerprint density at radius 3 is 2.89 bits per heavy atom. The average Bonchev–Trinajstić information content (AvgIpc) is 2.89. The predicted octanol–water partition coefficient (Wildman–Crippen LogP) is 2.06. The molecule has 1 amide bonds. The molecule has 5 heteroatoms. The Morgan fingerprint density at radius 2 is 2.22 bits per heavy atom. The Balaban J connectivity index is 1.84. The highest BCUT2D eigenvalue weighted by Gasteiger charge is 2.18. The monoisotopic (exact) mass is 311 g/mol.